The van der Waals surface area contributed by atoms with Crippen LogP contribution in [0.3, 0.4) is 0 Å². The molecule has 2 aromatic heterocycles. The van der Waals surface area contributed by atoms with E-state index in [1.54, 1.807) is 7.05 Å². The quantitative estimate of drug-likeness (QED) is 0.902. The lowest BCUT2D eigenvalue weighted by Gasteiger charge is -2.14. The average molecular weight is 326 g/mol. The Morgan fingerprint density at radius 1 is 1.29 bits per heavy atom. The fraction of sp³-hybridized carbons (Fsp3) is 0.385. The van der Waals surface area contributed by atoms with Crippen molar-refractivity contribution in [3.8, 4) is 0 Å². The minimum Gasteiger partial charge on any atom is -0.373 e. The highest BCUT2D eigenvalue weighted by Gasteiger charge is 2.21. The number of sulfonamides is 1. The average Bonchev–Trinajstić information content (AvgIpc) is 2.86. The number of aromatic nitrogens is 2. The summed E-state index contributed by atoms with van der Waals surface area (Å²) < 4.78 is 27.2. The van der Waals surface area contributed by atoms with Crippen LogP contribution in [0.4, 0.5) is 10.9 Å². The fourth-order valence-electron chi connectivity index (χ4n) is 1.55. The molecule has 0 aliphatic heterocycles. The van der Waals surface area contributed by atoms with E-state index in [1.807, 2.05) is 26.2 Å². The van der Waals surface area contributed by atoms with Crippen molar-refractivity contribution in [2.75, 3.05) is 17.1 Å². The van der Waals surface area contributed by atoms with Gasteiger partial charge in [0.15, 0.2) is 5.13 Å². The van der Waals surface area contributed by atoms with Crippen molar-refractivity contribution in [1.82, 2.24) is 9.97 Å². The van der Waals surface area contributed by atoms with Crippen LogP contribution in [0.25, 0.3) is 0 Å². The van der Waals surface area contributed by atoms with E-state index in [-0.39, 0.29) is 10.3 Å². The minimum absolute atomic E-state index is 0.115. The van der Waals surface area contributed by atoms with Gasteiger partial charge in [0.25, 0.3) is 10.0 Å². The van der Waals surface area contributed by atoms with Gasteiger partial charge in [0.05, 0.1) is 10.6 Å². The summed E-state index contributed by atoms with van der Waals surface area (Å²) in [4.78, 5) is 8.48. The van der Waals surface area contributed by atoms with Gasteiger partial charge in [0.2, 0.25) is 0 Å². The van der Waals surface area contributed by atoms with E-state index in [2.05, 4.69) is 20.0 Å². The molecule has 0 fully saturated rings. The molecular formula is C13H18N4O2S2. The normalized spacial score (nSPS) is 12.2. The first-order valence-electron chi connectivity index (χ1n) is 6.35. The lowest BCUT2D eigenvalue weighted by atomic mass is 9.93. The SMILES string of the molecule is CNc1cc(S(=O)(=O)Nc2nc(C(C)(C)C)cs2)ccn1. The van der Waals surface area contributed by atoms with Crippen molar-refractivity contribution < 1.29 is 8.42 Å². The molecule has 0 unspecified atom stereocenters. The van der Waals surface area contributed by atoms with E-state index in [0.29, 0.717) is 10.9 Å². The number of nitrogens with one attached hydrogen (secondary N) is 2. The number of pyridine rings is 1. The largest absolute Gasteiger partial charge is 0.373 e. The Bertz CT molecular complexity index is 733. The Hall–Kier alpha value is -1.67. The zero-order chi connectivity index (χ0) is 15.7. The maximum Gasteiger partial charge on any atom is 0.263 e. The van der Waals surface area contributed by atoms with E-state index >= 15 is 0 Å². The van der Waals surface area contributed by atoms with Crippen LogP contribution in [0.1, 0.15) is 26.5 Å². The number of hydrogen-bond acceptors (Lipinski definition) is 6. The van der Waals surface area contributed by atoms with Gasteiger partial charge >= 0.3 is 0 Å². The molecule has 8 heteroatoms. The molecule has 6 nitrogen and oxygen atoms in total. The van der Waals surface area contributed by atoms with E-state index < -0.39 is 10.0 Å². The third-order valence-corrected chi connectivity index (χ3v) is 5.02. The van der Waals surface area contributed by atoms with Gasteiger partial charge in [-0.05, 0) is 6.07 Å². The van der Waals surface area contributed by atoms with Crippen LogP contribution in [-0.2, 0) is 15.4 Å². The highest BCUT2D eigenvalue weighted by Crippen LogP contribution is 2.27. The van der Waals surface area contributed by atoms with Crippen molar-refractivity contribution in [3.63, 3.8) is 0 Å². The second-order valence-electron chi connectivity index (χ2n) is 5.52. The Balaban J connectivity index is 2.27. The predicted octanol–water partition coefficient (Wildman–Crippen LogP) is 2.68. The molecule has 0 saturated carbocycles. The van der Waals surface area contributed by atoms with Crippen molar-refractivity contribution in [1.29, 1.82) is 0 Å². The predicted molar refractivity (Wildman–Crippen MR) is 85.4 cm³/mol. The maximum atomic E-state index is 12.3. The number of rotatable bonds is 4. The van der Waals surface area contributed by atoms with Crippen LogP contribution >= 0.6 is 11.3 Å². The summed E-state index contributed by atoms with van der Waals surface area (Å²) in [6.45, 7) is 6.09. The molecule has 0 aliphatic rings. The van der Waals surface area contributed by atoms with Crippen LogP contribution < -0.4 is 10.0 Å². The Morgan fingerprint density at radius 3 is 2.57 bits per heavy atom. The van der Waals surface area contributed by atoms with Gasteiger partial charge in [-0.15, -0.1) is 11.3 Å². The molecule has 0 radical (unpaired) electrons. The highest BCUT2D eigenvalue weighted by molar-refractivity contribution is 7.93. The van der Waals surface area contributed by atoms with Crippen molar-refractivity contribution in [3.05, 3.63) is 29.4 Å². The smallest absolute Gasteiger partial charge is 0.263 e. The molecule has 2 heterocycles. The van der Waals surface area contributed by atoms with Crippen LogP contribution in [0.5, 0.6) is 0 Å². The number of thiazole rings is 1. The van der Waals surface area contributed by atoms with Gasteiger partial charge in [-0.25, -0.2) is 18.4 Å². The van der Waals surface area contributed by atoms with E-state index in [4.69, 9.17) is 0 Å². The summed E-state index contributed by atoms with van der Waals surface area (Å²) in [5, 5.41) is 5.04. The lowest BCUT2D eigenvalue weighted by Crippen LogP contribution is -2.15. The molecule has 2 N–H and O–H groups in total. The molecule has 21 heavy (non-hydrogen) atoms. The molecule has 0 aliphatic carbocycles. The van der Waals surface area contributed by atoms with E-state index in [1.165, 1.54) is 29.7 Å². The van der Waals surface area contributed by atoms with Crippen LogP contribution in [0.2, 0.25) is 0 Å². The third kappa shape index (κ3) is 3.70. The first kappa shape index (κ1) is 15.7. The van der Waals surface area contributed by atoms with Crippen LogP contribution in [0.15, 0.2) is 28.6 Å². The van der Waals surface area contributed by atoms with Crippen molar-refractivity contribution in [2.45, 2.75) is 31.1 Å². The summed E-state index contributed by atoms with van der Waals surface area (Å²) in [5.41, 5.74) is 0.742. The van der Waals surface area contributed by atoms with Gasteiger partial charge in [-0.3, -0.25) is 4.72 Å². The first-order chi connectivity index (χ1) is 9.72. The van der Waals surface area contributed by atoms with Crippen LogP contribution in [-0.4, -0.2) is 25.4 Å². The van der Waals surface area contributed by atoms with Crippen LogP contribution in [0, 0.1) is 0 Å². The second kappa shape index (κ2) is 5.61. The topological polar surface area (TPSA) is 84.0 Å². The molecule has 2 aromatic rings. The van der Waals surface area contributed by atoms with E-state index in [9.17, 15) is 8.42 Å². The van der Waals surface area contributed by atoms with Gasteiger partial charge in [0, 0.05) is 30.1 Å². The zero-order valence-corrected chi connectivity index (χ0v) is 14.0. The molecule has 114 valence electrons. The maximum absolute atomic E-state index is 12.3. The van der Waals surface area contributed by atoms with Gasteiger partial charge in [-0.2, -0.15) is 0 Å². The minimum atomic E-state index is -3.66. The zero-order valence-electron chi connectivity index (χ0n) is 12.3. The Labute approximate surface area is 128 Å². The monoisotopic (exact) mass is 326 g/mol. The molecule has 0 atom stereocenters. The number of hydrogen-bond donors (Lipinski definition) is 2. The second-order valence-corrected chi connectivity index (χ2v) is 8.06. The molecule has 2 rings (SSSR count). The summed E-state index contributed by atoms with van der Waals surface area (Å²) in [6.07, 6.45) is 1.45. The molecule has 0 amide bonds. The molecule has 0 saturated heterocycles. The summed E-state index contributed by atoms with van der Waals surface area (Å²) in [6, 6.07) is 2.92. The van der Waals surface area contributed by atoms with Crippen molar-refractivity contribution in [2.24, 2.45) is 0 Å². The highest BCUT2D eigenvalue weighted by atomic mass is 32.2. The fourth-order valence-corrected chi connectivity index (χ4v) is 3.76. The van der Waals surface area contributed by atoms with Crippen molar-refractivity contribution >= 4 is 32.3 Å². The first-order valence-corrected chi connectivity index (χ1v) is 8.71. The van der Waals surface area contributed by atoms with E-state index in [0.717, 1.165) is 5.69 Å². The van der Waals surface area contributed by atoms with Gasteiger partial charge in [0.1, 0.15) is 5.82 Å². The molecule has 0 spiro atoms. The molecule has 0 aromatic carbocycles. The van der Waals surface area contributed by atoms with Gasteiger partial charge < -0.3 is 5.32 Å². The Kier molecular flexibility index (Phi) is 4.20. The number of anilines is 2. The van der Waals surface area contributed by atoms with Gasteiger partial charge in [-0.1, -0.05) is 20.8 Å². The summed E-state index contributed by atoms with van der Waals surface area (Å²) in [7, 11) is -1.98. The lowest BCUT2D eigenvalue weighted by molar-refractivity contribution is 0.573. The standard InChI is InChI=1S/C13H18N4O2S2/c1-13(2,3)10-8-20-12(16-10)17-21(18,19)9-5-6-15-11(7-9)14-4/h5-8H,1-4H3,(H,14,15)(H,16,17). The Morgan fingerprint density at radius 2 is 2.00 bits per heavy atom. The molecule has 0 bridgehead atoms. The summed E-state index contributed by atoms with van der Waals surface area (Å²) in [5.74, 6) is 0.493. The number of nitrogens with zero attached hydrogens (tertiary/aromatic N) is 2. The molecular weight excluding hydrogens is 308 g/mol. The third-order valence-electron chi connectivity index (χ3n) is 2.79. The summed E-state index contributed by atoms with van der Waals surface area (Å²) >= 11 is 1.28.